The van der Waals surface area contributed by atoms with E-state index in [0.717, 1.165) is 12.0 Å². The Bertz CT molecular complexity index is 464. The molecular weight excluding hydrogens is 222 g/mol. The Labute approximate surface area is 97.8 Å². The fourth-order valence-corrected chi connectivity index (χ4v) is 2.18. The van der Waals surface area contributed by atoms with Gasteiger partial charge >= 0.3 is 0 Å². The zero-order valence-corrected chi connectivity index (χ0v) is 11.1. The molecule has 0 aromatic heterocycles. The maximum atomic E-state index is 11.4. The Morgan fingerprint density at radius 1 is 1.31 bits per heavy atom. The SMILES string of the molecule is CNC(C)(C)Cc1cccc(S(C)(=O)=O)c1. The van der Waals surface area contributed by atoms with Crippen molar-refractivity contribution in [2.24, 2.45) is 0 Å². The third kappa shape index (κ3) is 3.61. The van der Waals surface area contributed by atoms with E-state index in [2.05, 4.69) is 19.2 Å². The normalized spacial score (nSPS) is 12.8. The zero-order chi connectivity index (χ0) is 12.4. The Morgan fingerprint density at radius 2 is 1.94 bits per heavy atom. The first-order chi connectivity index (χ1) is 7.24. The van der Waals surface area contributed by atoms with Gasteiger partial charge in [0.2, 0.25) is 0 Å². The summed E-state index contributed by atoms with van der Waals surface area (Å²) in [7, 11) is -1.20. The first-order valence-electron chi connectivity index (χ1n) is 5.22. The third-order valence-corrected chi connectivity index (χ3v) is 3.76. The second-order valence-corrected chi connectivity index (χ2v) is 6.75. The summed E-state index contributed by atoms with van der Waals surface area (Å²) in [5, 5.41) is 3.20. The standard InChI is InChI=1S/C12H19NO2S/c1-12(2,13-3)9-10-6-5-7-11(8-10)16(4,14)15/h5-8,13H,9H2,1-4H3. The highest BCUT2D eigenvalue weighted by atomic mass is 32.2. The van der Waals surface area contributed by atoms with E-state index in [1.165, 1.54) is 6.26 Å². The highest BCUT2D eigenvalue weighted by molar-refractivity contribution is 7.90. The van der Waals surface area contributed by atoms with Crippen molar-refractivity contribution in [1.82, 2.24) is 5.32 Å². The van der Waals surface area contributed by atoms with Gasteiger partial charge in [0.15, 0.2) is 9.84 Å². The van der Waals surface area contributed by atoms with Crippen molar-refractivity contribution in [3.8, 4) is 0 Å². The highest BCUT2D eigenvalue weighted by Crippen LogP contribution is 2.16. The second kappa shape index (κ2) is 4.55. The average Bonchev–Trinajstić information content (AvgIpc) is 2.16. The van der Waals surface area contributed by atoms with Crippen molar-refractivity contribution in [2.75, 3.05) is 13.3 Å². The van der Waals surface area contributed by atoms with Crippen LogP contribution in [0.3, 0.4) is 0 Å². The molecule has 1 aromatic rings. The van der Waals surface area contributed by atoms with Crippen LogP contribution in [0.4, 0.5) is 0 Å². The molecule has 3 nitrogen and oxygen atoms in total. The largest absolute Gasteiger partial charge is 0.314 e. The van der Waals surface area contributed by atoms with Gasteiger partial charge in [-0.2, -0.15) is 0 Å². The first kappa shape index (κ1) is 13.2. The van der Waals surface area contributed by atoms with E-state index in [1.54, 1.807) is 18.2 Å². The second-order valence-electron chi connectivity index (χ2n) is 4.73. The van der Waals surface area contributed by atoms with Crippen LogP contribution in [0.25, 0.3) is 0 Å². The fourth-order valence-electron chi connectivity index (χ4n) is 1.48. The molecular formula is C12H19NO2S. The minimum absolute atomic E-state index is 0.0316. The molecule has 16 heavy (non-hydrogen) atoms. The molecule has 0 aliphatic carbocycles. The first-order valence-corrected chi connectivity index (χ1v) is 7.12. The Kier molecular flexibility index (Phi) is 3.76. The predicted octanol–water partition coefficient (Wildman–Crippen LogP) is 1.63. The van der Waals surface area contributed by atoms with Gasteiger partial charge in [0.25, 0.3) is 0 Å². The van der Waals surface area contributed by atoms with E-state index in [0.29, 0.717) is 4.90 Å². The van der Waals surface area contributed by atoms with Crippen molar-refractivity contribution in [3.63, 3.8) is 0 Å². The molecule has 0 atom stereocenters. The van der Waals surface area contributed by atoms with Gasteiger partial charge in [-0.15, -0.1) is 0 Å². The van der Waals surface area contributed by atoms with E-state index in [9.17, 15) is 8.42 Å². The molecule has 0 unspecified atom stereocenters. The highest BCUT2D eigenvalue weighted by Gasteiger charge is 2.16. The lowest BCUT2D eigenvalue weighted by Gasteiger charge is -2.24. The quantitative estimate of drug-likeness (QED) is 0.871. The van der Waals surface area contributed by atoms with Crippen molar-refractivity contribution in [2.45, 2.75) is 30.7 Å². The minimum Gasteiger partial charge on any atom is -0.314 e. The van der Waals surface area contributed by atoms with Crippen LogP contribution >= 0.6 is 0 Å². The van der Waals surface area contributed by atoms with Gasteiger partial charge in [0, 0.05) is 11.8 Å². The summed E-state index contributed by atoms with van der Waals surface area (Å²) in [6.07, 6.45) is 2.03. The molecule has 0 aliphatic heterocycles. The molecule has 4 heteroatoms. The third-order valence-electron chi connectivity index (χ3n) is 2.65. The molecule has 0 bridgehead atoms. The number of hydrogen-bond acceptors (Lipinski definition) is 3. The fraction of sp³-hybridized carbons (Fsp3) is 0.500. The average molecular weight is 241 g/mol. The molecule has 0 saturated carbocycles. The topological polar surface area (TPSA) is 46.2 Å². The number of rotatable bonds is 4. The van der Waals surface area contributed by atoms with Crippen LogP contribution in [0.2, 0.25) is 0 Å². The van der Waals surface area contributed by atoms with E-state index < -0.39 is 9.84 Å². The van der Waals surface area contributed by atoms with E-state index in [4.69, 9.17) is 0 Å². The number of nitrogens with one attached hydrogen (secondary N) is 1. The Hall–Kier alpha value is -0.870. The molecule has 90 valence electrons. The van der Waals surface area contributed by atoms with Crippen LogP contribution in [-0.2, 0) is 16.3 Å². The lowest BCUT2D eigenvalue weighted by molar-refractivity contribution is 0.421. The van der Waals surface area contributed by atoms with Gasteiger partial charge in [-0.1, -0.05) is 12.1 Å². The molecule has 0 aliphatic rings. The van der Waals surface area contributed by atoms with Crippen molar-refractivity contribution >= 4 is 9.84 Å². The van der Waals surface area contributed by atoms with Crippen LogP contribution in [0.5, 0.6) is 0 Å². The molecule has 0 amide bonds. The monoisotopic (exact) mass is 241 g/mol. The van der Waals surface area contributed by atoms with Gasteiger partial charge in [-0.05, 0) is 45.0 Å². The molecule has 0 spiro atoms. The number of likely N-dealkylation sites (N-methyl/N-ethyl adjacent to an activating group) is 1. The van der Waals surface area contributed by atoms with E-state index in [1.807, 2.05) is 13.1 Å². The van der Waals surface area contributed by atoms with Crippen LogP contribution in [0.1, 0.15) is 19.4 Å². The van der Waals surface area contributed by atoms with Crippen LogP contribution in [-0.4, -0.2) is 27.3 Å². The van der Waals surface area contributed by atoms with Crippen LogP contribution in [0, 0.1) is 0 Å². The van der Waals surface area contributed by atoms with E-state index in [-0.39, 0.29) is 5.54 Å². The Balaban J connectivity index is 3.01. The van der Waals surface area contributed by atoms with Crippen LogP contribution < -0.4 is 5.32 Å². The number of benzene rings is 1. The maximum absolute atomic E-state index is 11.4. The summed E-state index contributed by atoms with van der Waals surface area (Å²) in [6, 6.07) is 7.12. The Morgan fingerprint density at radius 3 is 2.44 bits per heavy atom. The van der Waals surface area contributed by atoms with Gasteiger partial charge in [0.1, 0.15) is 0 Å². The zero-order valence-electron chi connectivity index (χ0n) is 10.2. The minimum atomic E-state index is -3.11. The summed E-state index contributed by atoms with van der Waals surface area (Å²) in [4.78, 5) is 0.386. The maximum Gasteiger partial charge on any atom is 0.175 e. The summed E-state index contributed by atoms with van der Waals surface area (Å²) < 4.78 is 22.8. The van der Waals surface area contributed by atoms with Gasteiger partial charge in [0.05, 0.1) is 4.90 Å². The smallest absolute Gasteiger partial charge is 0.175 e. The van der Waals surface area contributed by atoms with Crippen molar-refractivity contribution in [1.29, 1.82) is 0 Å². The molecule has 0 radical (unpaired) electrons. The summed E-state index contributed by atoms with van der Waals surface area (Å²) in [6.45, 7) is 4.17. The molecule has 0 fully saturated rings. The van der Waals surface area contributed by atoms with Crippen LogP contribution in [0.15, 0.2) is 29.2 Å². The molecule has 1 N–H and O–H groups in total. The molecule has 1 aromatic carbocycles. The van der Waals surface area contributed by atoms with Crippen molar-refractivity contribution in [3.05, 3.63) is 29.8 Å². The molecule has 1 rings (SSSR count). The summed E-state index contributed by atoms with van der Waals surface area (Å²) in [5.41, 5.74) is 0.998. The predicted molar refractivity (Wildman–Crippen MR) is 66.4 cm³/mol. The van der Waals surface area contributed by atoms with Gasteiger partial charge < -0.3 is 5.32 Å². The summed E-state index contributed by atoms with van der Waals surface area (Å²) in [5.74, 6) is 0. The van der Waals surface area contributed by atoms with Gasteiger partial charge in [-0.3, -0.25) is 0 Å². The van der Waals surface area contributed by atoms with Crippen molar-refractivity contribution < 1.29 is 8.42 Å². The molecule has 0 heterocycles. The lowest BCUT2D eigenvalue weighted by atomic mass is 9.95. The van der Waals surface area contributed by atoms with Gasteiger partial charge in [-0.25, -0.2) is 8.42 Å². The van der Waals surface area contributed by atoms with E-state index >= 15 is 0 Å². The summed E-state index contributed by atoms with van der Waals surface area (Å²) >= 11 is 0. The molecule has 0 saturated heterocycles. The number of sulfone groups is 1. The number of hydrogen-bond donors (Lipinski definition) is 1. The lowest BCUT2D eigenvalue weighted by Crippen LogP contribution is -2.38.